The highest BCUT2D eigenvalue weighted by molar-refractivity contribution is 9.10. The zero-order chi connectivity index (χ0) is 9.30. The van der Waals surface area contributed by atoms with Gasteiger partial charge in [0.2, 0.25) is 0 Å². The summed E-state index contributed by atoms with van der Waals surface area (Å²) < 4.78 is 0.551. The number of hydrogen-bond donors (Lipinski definition) is 2. The van der Waals surface area contributed by atoms with Crippen LogP contribution in [0, 0.1) is 0 Å². The van der Waals surface area contributed by atoms with Crippen LogP contribution in [0.3, 0.4) is 0 Å². The van der Waals surface area contributed by atoms with Crippen molar-refractivity contribution in [3.05, 3.63) is 26.7 Å². The summed E-state index contributed by atoms with van der Waals surface area (Å²) in [4.78, 5) is 0. The van der Waals surface area contributed by atoms with Crippen LogP contribution < -0.4 is 5.46 Å². The van der Waals surface area contributed by atoms with Crippen molar-refractivity contribution in [2.75, 3.05) is 0 Å². The average Bonchev–Trinajstić information content (AvgIpc) is 1.99. The smallest absolute Gasteiger partial charge is 0.423 e. The molecule has 0 amide bonds. The first-order chi connectivity index (χ1) is 5.52. The maximum absolute atomic E-state index is 8.79. The highest BCUT2D eigenvalue weighted by Crippen LogP contribution is 2.28. The number of rotatable bonds is 1. The molecule has 6 heteroatoms. The molecule has 64 valence electrons. The highest BCUT2D eigenvalue weighted by atomic mass is 79.9. The van der Waals surface area contributed by atoms with E-state index in [1.807, 2.05) is 0 Å². The molecule has 0 radical (unpaired) electrons. The van der Waals surface area contributed by atoms with Gasteiger partial charge in [-0.15, -0.1) is 0 Å². The van der Waals surface area contributed by atoms with Gasteiger partial charge >= 0.3 is 7.12 Å². The van der Waals surface area contributed by atoms with E-state index < -0.39 is 7.12 Å². The molecular formula is C6H4BBrCl2O2. The van der Waals surface area contributed by atoms with E-state index >= 15 is 0 Å². The van der Waals surface area contributed by atoms with E-state index in [1.165, 1.54) is 12.1 Å². The summed E-state index contributed by atoms with van der Waals surface area (Å²) in [5.74, 6) is 0. The second kappa shape index (κ2) is 3.98. The minimum Gasteiger partial charge on any atom is -0.423 e. The number of benzene rings is 1. The fourth-order valence-electron chi connectivity index (χ4n) is 0.724. The van der Waals surface area contributed by atoms with Crippen LogP contribution in [-0.2, 0) is 0 Å². The van der Waals surface area contributed by atoms with Crippen molar-refractivity contribution >= 4 is 51.7 Å². The second-order valence-corrected chi connectivity index (χ2v) is 3.78. The number of hydrogen-bond acceptors (Lipinski definition) is 2. The first-order valence-electron chi connectivity index (χ1n) is 3.03. The molecule has 0 fully saturated rings. The molecule has 0 bridgehead atoms. The summed E-state index contributed by atoms with van der Waals surface area (Å²) in [5, 5.41) is 18.3. The Hall–Kier alpha value is 0.265. The molecule has 0 aromatic heterocycles. The van der Waals surface area contributed by atoms with Crippen molar-refractivity contribution in [2.45, 2.75) is 0 Å². The van der Waals surface area contributed by atoms with Gasteiger partial charge in [-0.1, -0.05) is 23.2 Å². The SMILES string of the molecule is OB(O)c1cc(Cl)c(Br)c(Cl)c1. The Bertz CT molecular complexity index is 283. The van der Waals surface area contributed by atoms with Gasteiger partial charge in [-0.3, -0.25) is 0 Å². The van der Waals surface area contributed by atoms with E-state index in [9.17, 15) is 0 Å². The van der Waals surface area contributed by atoms with Gasteiger partial charge in [0.15, 0.2) is 0 Å². The van der Waals surface area contributed by atoms with Crippen LogP contribution in [0.1, 0.15) is 0 Å². The molecule has 0 spiro atoms. The molecule has 1 rings (SSSR count). The molecule has 0 heterocycles. The lowest BCUT2D eigenvalue weighted by Crippen LogP contribution is -2.29. The maximum Gasteiger partial charge on any atom is 0.488 e. The van der Waals surface area contributed by atoms with Gasteiger partial charge < -0.3 is 10.0 Å². The molecule has 0 saturated carbocycles. The average molecular weight is 270 g/mol. The van der Waals surface area contributed by atoms with E-state index in [1.54, 1.807) is 0 Å². The van der Waals surface area contributed by atoms with E-state index in [0.29, 0.717) is 14.5 Å². The minimum atomic E-state index is -1.55. The van der Waals surface area contributed by atoms with Crippen molar-refractivity contribution < 1.29 is 10.0 Å². The Morgan fingerprint density at radius 1 is 1.17 bits per heavy atom. The molecule has 2 N–H and O–H groups in total. The van der Waals surface area contributed by atoms with E-state index in [0.717, 1.165) is 0 Å². The first kappa shape index (κ1) is 10.3. The second-order valence-electron chi connectivity index (χ2n) is 2.17. The Labute approximate surface area is 88.4 Å². The fraction of sp³-hybridized carbons (Fsp3) is 0. The Kier molecular flexibility index (Phi) is 3.43. The molecule has 1 aromatic rings. The molecule has 0 aliphatic carbocycles. The molecule has 0 aliphatic heterocycles. The molecule has 2 nitrogen and oxygen atoms in total. The summed E-state index contributed by atoms with van der Waals surface area (Å²) in [6, 6.07) is 2.87. The largest absolute Gasteiger partial charge is 0.488 e. The van der Waals surface area contributed by atoms with Gasteiger partial charge in [-0.25, -0.2) is 0 Å². The van der Waals surface area contributed by atoms with Crippen molar-refractivity contribution in [1.29, 1.82) is 0 Å². The zero-order valence-electron chi connectivity index (χ0n) is 5.76. The lowest BCUT2D eigenvalue weighted by atomic mass is 9.80. The molecular weight excluding hydrogens is 266 g/mol. The summed E-state index contributed by atoms with van der Waals surface area (Å²) in [6.07, 6.45) is 0. The van der Waals surface area contributed by atoms with Gasteiger partial charge in [0, 0.05) is 0 Å². The van der Waals surface area contributed by atoms with Crippen LogP contribution in [0.4, 0.5) is 0 Å². The normalized spacial score (nSPS) is 10.1. The van der Waals surface area contributed by atoms with Gasteiger partial charge in [0.25, 0.3) is 0 Å². The summed E-state index contributed by atoms with van der Waals surface area (Å²) in [5.41, 5.74) is 0.271. The lowest BCUT2D eigenvalue weighted by molar-refractivity contribution is 0.426. The minimum absolute atomic E-state index is 0.271. The predicted octanol–water partition coefficient (Wildman–Crippen LogP) is 1.44. The lowest BCUT2D eigenvalue weighted by Gasteiger charge is -2.03. The third-order valence-corrected chi connectivity index (χ3v) is 3.21. The van der Waals surface area contributed by atoms with E-state index in [-0.39, 0.29) is 5.46 Å². The summed E-state index contributed by atoms with van der Waals surface area (Å²) in [6.45, 7) is 0. The summed E-state index contributed by atoms with van der Waals surface area (Å²) >= 11 is 14.6. The number of halogens is 3. The quantitative estimate of drug-likeness (QED) is 0.598. The van der Waals surface area contributed by atoms with Crippen molar-refractivity contribution in [3.63, 3.8) is 0 Å². The Morgan fingerprint density at radius 2 is 1.58 bits per heavy atom. The monoisotopic (exact) mass is 268 g/mol. The van der Waals surface area contributed by atoms with Gasteiger partial charge in [-0.2, -0.15) is 0 Å². The molecule has 0 saturated heterocycles. The van der Waals surface area contributed by atoms with Gasteiger partial charge in [0.05, 0.1) is 14.5 Å². The highest BCUT2D eigenvalue weighted by Gasteiger charge is 2.14. The summed E-state index contributed by atoms with van der Waals surface area (Å²) in [7, 11) is -1.55. The fourth-order valence-corrected chi connectivity index (χ4v) is 1.46. The maximum atomic E-state index is 8.79. The van der Waals surface area contributed by atoms with Crippen molar-refractivity contribution in [2.24, 2.45) is 0 Å². The Balaban J connectivity index is 3.21. The van der Waals surface area contributed by atoms with Crippen LogP contribution in [0.5, 0.6) is 0 Å². The van der Waals surface area contributed by atoms with Crippen LogP contribution in [0.25, 0.3) is 0 Å². The molecule has 0 atom stereocenters. The molecule has 0 aliphatic rings. The van der Waals surface area contributed by atoms with Crippen molar-refractivity contribution in [1.82, 2.24) is 0 Å². The van der Waals surface area contributed by atoms with Crippen LogP contribution >= 0.6 is 39.1 Å². The van der Waals surface area contributed by atoms with Crippen LogP contribution in [0.15, 0.2) is 16.6 Å². The van der Waals surface area contributed by atoms with Gasteiger partial charge in [-0.05, 0) is 33.5 Å². The van der Waals surface area contributed by atoms with Gasteiger partial charge in [0.1, 0.15) is 0 Å². The first-order valence-corrected chi connectivity index (χ1v) is 4.58. The zero-order valence-corrected chi connectivity index (χ0v) is 8.86. The Morgan fingerprint density at radius 3 is 1.92 bits per heavy atom. The van der Waals surface area contributed by atoms with Crippen LogP contribution in [-0.4, -0.2) is 17.2 Å². The molecule has 12 heavy (non-hydrogen) atoms. The van der Waals surface area contributed by atoms with E-state index in [4.69, 9.17) is 33.2 Å². The molecule has 1 aromatic carbocycles. The van der Waals surface area contributed by atoms with Crippen molar-refractivity contribution in [3.8, 4) is 0 Å². The third kappa shape index (κ3) is 2.15. The van der Waals surface area contributed by atoms with E-state index in [2.05, 4.69) is 15.9 Å². The topological polar surface area (TPSA) is 40.5 Å². The predicted molar refractivity (Wildman–Crippen MR) is 54.0 cm³/mol. The third-order valence-electron chi connectivity index (χ3n) is 1.30. The van der Waals surface area contributed by atoms with Crippen LogP contribution in [0.2, 0.25) is 10.0 Å². The standard InChI is InChI=1S/C6H4BBrCl2O2/c8-6-4(9)1-3(7(11)12)2-5(6)10/h1-2,11-12H. The molecule has 0 unspecified atom stereocenters.